The van der Waals surface area contributed by atoms with Crippen molar-refractivity contribution < 1.29 is 4.52 Å². The summed E-state index contributed by atoms with van der Waals surface area (Å²) in [6, 6.07) is 0. The first-order valence-electron chi connectivity index (χ1n) is 4.67. The Kier molecular flexibility index (Phi) is 3.00. The zero-order valence-electron chi connectivity index (χ0n) is 8.86. The number of nitrogens with zero attached hydrogens (tertiary/aromatic N) is 4. The van der Waals surface area contributed by atoms with Crippen molar-refractivity contribution in [2.75, 3.05) is 5.32 Å². The second-order valence-electron chi connectivity index (χ2n) is 3.23. The van der Waals surface area contributed by atoms with E-state index in [1.165, 1.54) is 6.33 Å². The molecule has 0 atom stereocenters. The molecule has 16 heavy (non-hydrogen) atoms. The van der Waals surface area contributed by atoms with E-state index in [0.29, 0.717) is 29.2 Å². The molecule has 2 aromatic rings. The fourth-order valence-corrected chi connectivity index (χ4v) is 1.31. The van der Waals surface area contributed by atoms with Gasteiger partial charge in [-0.1, -0.05) is 16.8 Å². The number of anilines is 1. The highest BCUT2D eigenvalue weighted by Crippen LogP contribution is 2.18. The van der Waals surface area contributed by atoms with Crippen molar-refractivity contribution in [2.24, 2.45) is 0 Å². The zero-order chi connectivity index (χ0) is 11.5. The van der Waals surface area contributed by atoms with E-state index < -0.39 is 0 Å². The number of aryl methyl sites for hydroxylation is 1. The van der Waals surface area contributed by atoms with E-state index in [1.807, 2.05) is 6.92 Å². The fraction of sp³-hybridized carbons (Fsp3) is 0.333. The van der Waals surface area contributed by atoms with Crippen LogP contribution in [0.2, 0.25) is 5.15 Å². The minimum absolute atomic E-state index is 0.412. The van der Waals surface area contributed by atoms with Crippen LogP contribution >= 0.6 is 11.6 Å². The van der Waals surface area contributed by atoms with Gasteiger partial charge >= 0.3 is 0 Å². The lowest BCUT2D eigenvalue weighted by molar-refractivity contribution is 0.379. The van der Waals surface area contributed by atoms with Gasteiger partial charge in [0.15, 0.2) is 5.82 Å². The first-order valence-corrected chi connectivity index (χ1v) is 5.05. The van der Waals surface area contributed by atoms with Crippen molar-refractivity contribution in [1.82, 2.24) is 20.1 Å². The molecule has 0 bridgehead atoms. The van der Waals surface area contributed by atoms with E-state index in [9.17, 15) is 0 Å². The van der Waals surface area contributed by atoms with E-state index in [2.05, 4.69) is 25.4 Å². The number of nitrogens with one attached hydrogen (secondary N) is 1. The summed E-state index contributed by atoms with van der Waals surface area (Å²) in [5.74, 6) is 1.77. The van der Waals surface area contributed by atoms with Crippen LogP contribution in [0.15, 0.2) is 10.9 Å². The van der Waals surface area contributed by atoms with Crippen LogP contribution in [0.5, 0.6) is 0 Å². The lowest BCUT2D eigenvalue weighted by atomic mass is 10.3. The lowest BCUT2D eigenvalue weighted by Crippen LogP contribution is -2.04. The Morgan fingerprint density at radius 2 is 2.19 bits per heavy atom. The first-order chi connectivity index (χ1) is 7.66. The Hall–Kier alpha value is -1.69. The highest BCUT2D eigenvalue weighted by Gasteiger charge is 2.06. The van der Waals surface area contributed by atoms with E-state index in [4.69, 9.17) is 16.1 Å². The SMILES string of the molecule is Cc1noc(CNc2ncnc(Cl)c2C)n1. The highest BCUT2D eigenvalue weighted by molar-refractivity contribution is 6.30. The first kappa shape index (κ1) is 10.8. The standard InChI is InChI=1S/C9H10ClN5O/c1-5-8(10)12-4-13-9(5)11-3-7-14-6(2)15-16-7/h4H,3H2,1-2H3,(H,11,12,13). The molecule has 0 aromatic carbocycles. The van der Waals surface area contributed by atoms with E-state index >= 15 is 0 Å². The minimum atomic E-state index is 0.412. The fourth-order valence-electron chi connectivity index (χ4n) is 1.18. The predicted molar refractivity (Wildman–Crippen MR) is 58.1 cm³/mol. The van der Waals surface area contributed by atoms with Crippen LogP contribution in [0.4, 0.5) is 5.82 Å². The van der Waals surface area contributed by atoms with Gasteiger partial charge in [-0.15, -0.1) is 0 Å². The van der Waals surface area contributed by atoms with Gasteiger partial charge < -0.3 is 9.84 Å². The van der Waals surface area contributed by atoms with Crippen LogP contribution in [-0.4, -0.2) is 20.1 Å². The zero-order valence-corrected chi connectivity index (χ0v) is 9.62. The molecule has 0 spiro atoms. The third-order valence-corrected chi connectivity index (χ3v) is 2.38. The predicted octanol–water partition coefficient (Wildman–Crippen LogP) is 1.74. The van der Waals surface area contributed by atoms with Gasteiger partial charge in [0.25, 0.3) is 0 Å². The highest BCUT2D eigenvalue weighted by atomic mass is 35.5. The maximum absolute atomic E-state index is 5.86. The molecule has 7 heteroatoms. The summed E-state index contributed by atoms with van der Waals surface area (Å²) in [6.45, 7) is 4.01. The van der Waals surface area contributed by atoms with Gasteiger partial charge in [-0.25, -0.2) is 9.97 Å². The third kappa shape index (κ3) is 2.27. The molecule has 2 heterocycles. The molecule has 0 aliphatic heterocycles. The summed E-state index contributed by atoms with van der Waals surface area (Å²) in [4.78, 5) is 12.0. The van der Waals surface area contributed by atoms with Gasteiger partial charge in [-0.05, 0) is 13.8 Å². The summed E-state index contributed by atoms with van der Waals surface area (Å²) in [6.07, 6.45) is 1.40. The molecular weight excluding hydrogens is 230 g/mol. The van der Waals surface area contributed by atoms with E-state index in [1.54, 1.807) is 6.92 Å². The number of hydrogen-bond donors (Lipinski definition) is 1. The van der Waals surface area contributed by atoms with Crippen molar-refractivity contribution in [3.63, 3.8) is 0 Å². The number of rotatable bonds is 3. The molecule has 0 aliphatic carbocycles. The minimum Gasteiger partial charge on any atom is -0.361 e. The van der Waals surface area contributed by atoms with E-state index in [-0.39, 0.29) is 0 Å². The van der Waals surface area contributed by atoms with Crippen LogP contribution in [0.25, 0.3) is 0 Å². The van der Waals surface area contributed by atoms with Crippen LogP contribution in [0, 0.1) is 13.8 Å². The average Bonchev–Trinajstić information content (AvgIpc) is 2.67. The summed E-state index contributed by atoms with van der Waals surface area (Å²) in [7, 11) is 0. The van der Waals surface area contributed by atoms with Crippen molar-refractivity contribution in [1.29, 1.82) is 0 Å². The van der Waals surface area contributed by atoms with Gasteiger partial charge in [0.1, 0.15) is 17.3 Å². The van der Waals surface area contributed by atoms with Crippen LogP contribution in [0.1, 0.15) is 17.3 Å². The van der Waals surface area contributed by atoms with Gasteiger partial charge in [0.2, 0.25) is 5.89 Å². The number of aromatic nitrogens is 4. The monoisotopic (exact) mass is 239 g/mol. The molecule has 0 unspecified atom stereocenters. The Bertz CT molecular complexity index is 498. The van der Waals surface area contributed by atoms with Crippen LogP contribution in [-0.2, 0) is 6.54 Å². The molecule has 0 amide bonds. The smallest absolute Gasteiger partial charge is 0.245 e. The topological polar surface area (TPSA) is 76.7 Å². The summed E-state index contributed by atoms with van der Waals surface area (Å²) >= 11 is 5.86. The molecule has 6 nitrogen and oxygen atoms in total. The molecule has 84 valence electrons. The molecular formula is C9H10ClN5O. The second-order valence-corrected chi connectivity index (χ2v) is 3.58. The molecule has 0 saturated heterocycles. The van der Waals surface area contributed by atoms with E-state index in [0.717, 1.165) is 5.56 Å². The maximum atomic E-state index is 5.86. The average molecular weight is 240 g/mol. The van der Waals surface area contributed by atoms with Crippen molar-refractivity contribution in [2.45, 2.75) is 20.4 Å². The second kappa shape index (κ2) is 4.44. The van der Waals surface area contributed by atoms with Crippen molar-refractivity contribution in [3.8, 4) is 0 Å². The molecule has 2 aromatic heterocycles. The van der Waals surface area contributed by atoms with Gasteiger partial charge in [-0.2, -0.15) is 4.98 Å². The molecule has 0 aliphatic rings. The molecule has 1 N–H and O–H groups in total. The number of hydrogen-bond acceptors (Lipinski definition) is 6. The molecule has 0 saturated carbocycles. The maximum Gasteiger partial charge on any atom is 0.245 e. The Morgan fingerprint density at radius 3 is 2.88 bits per heavy atom. The summed E-state index contributed by atoms with van der Waals surface area (Å²) < 4.78 is 4.96. The summed E-state index contributed by atoms with van der Waals surface area (Å²) in [5.41, 5.74) is 0.792. The molecule has 0 fully saturated rings. The van der Waals surface area contributed by atoms with Crippen molar-refractivity contribution >= 4 is 17.4 Å². The third-order valence-electron chi connectivity index (χ3n) is 2.00. The molecule has 0 radical (unpaired) electrons. The Labute approximate surface area is 97.1 Å². The van der Waals surface area contributed by atoms with Crippen molar-refractivity contribution in [3.05, 3.63) is 28.8 Å². The normalized spacial score (nSPS) is 10.4. The van der Waals surface area contributed by atoms with Gasteiger partial charge in [0.05, 0.1) is 6.54 Å². The van der Waals surface area contributed by atoms with Gasteiger partial charge in [0, 0.05) is 5.56 Å². The Balaban J connectivity index is 2.07. The van der Waals surface area contributed by atoms with Crippen LogP contribution < -0.4 is 5.32 Å². The largest absolute Gasteiger partial charge is 0.361 e. The summed E-state index contributed by atoms with van der Waals surface area (Å²) in [5, 5.41) is 7.17. The lowest BCUT2D eigenvalue weighted by Gasteiger charge is -2.05. The Morgan fingerprint density at radius 1 is 1.38 bits per heavy atom. The van der Waals surface area contributed by atoms with Gasteiger partial charge in [-0.3, -0.25) is 0 Å². The van der Waals surface area contributed by atoms with Crippen LogP contribution in [0.3, 0.4) is 0 Å². The molecule has 2 rings (SSSR count). The number of halogens is 1. The quantitative estimate of drug-likeness (QED) is 0.823.